The van der Waals surface area contributed by atoms with Crippen LogP contribution in [0.5, 0.6) is 0 Å². The summed E-state index contributed by atoms with van der Waals surface area (Å²) in [6.07, 6.45) is 2.33. The van der Waals surface area contributed by atoms with Gasteiger partial charge in [-0.2, -0.15) is 0 Å². The molecule has 0 aliphatic heterocycles. The lowest BCUT2D eigenvalue weighted by atomic mass is 9.79. The van der Waals surface area contributed by atoms with Crippen molar-refractivity contribution in [1.29, 1.82) is 5.41 Å². The van der Waals surface area contributed by atoms with E-state index in [1.807, 2.05) is 13.8 Å². The van der Waals surface area contributed by atoms with Crippen molar-refractivity contribution in [1.82, 2.24) is 21.3 Å². The number of ether oxygens (including phenoxy) is 1. The van der Waals surface area contributed by atoms with Crippen LogP contribution in [0.4, 0.5) is 4.79 Å². The first kappa shape index (κ1) is 29.2. The van der Waals surface area contributed by atoms with E-state index in [0.29, 0.717) is 26.2 Å². The summed E-state index contributed by atoms with van der Waals surface area (Å²) < 4.78 is 6.29. The van der Waals surface area contributed by atoms with E-state index in [1.54, 1.807) is 0 Å². The molecule has 1 rings (SSSR count). The molecule has 1 aliphatic carbocycles. The Morgan fingerprint density at radius 1 is 1.21 bits per heavy atom. The van der Waals surface area contributed by atoms with Gasteiger partial charge in [0.25, 0.3) is 0 Å². The van der Waals surface area contributed by atoms with Gasteiger partial charge in [-0.05, 0) is 18.8 Å². The monoisotopic (exact) mass is 582 g/mol. The Kier molecular flexibility index (Phi) is 13.4. The highest BCUT2D eigenvalue weighted by molar-refractivity contribution is 14.1. The molecule has 3 amide bonds. The Labute approximate surface area is 209 Å². The number of hydrogen-bond acceptors (Lipinski definition) is 5. The molecule has 5 atom stereocenters. The van der Waals surface area contributed by atoms with E-state index in [1.165, 1.54) is 6.92 Å². The van der Waals surface area contributed by atoms with Crippen LogP contribution in [-0.2, 0) is 14.3 Å². The number of hydrogen-bond donors (Lipinski definition) is 7. The number of rotatable bonds is 14. The molecule has 8 N–H and O–H groups in total. The number of carbonyl (C=O) groups excluding carboxylic acids is 2. The molecular formula is C21H39IN6O5. The molecule has 1 aliphatic rings. The van der Waals surface area contributed by atoms with Crippen molar-refractivity contribution in [2.24, 2.45) is 23.5 Å². The third-order valence-corrected chi connectivity index (χ3v) is 6.53. The summed E-state index contributed by atoms with van der Waals surface area (Å²) in [7, 11) is 0. The number of guanidine groups is 1. The predicted molar refractivity (Wildman–Crippen MR) is 134 cm³/mol. The van der Waals surface area contributed by atoms with Crippen molar-refractivity contribution >= 4 is 46.5 Å². The van der Waals surface area contributed by atoms with E-state index in [2.05, 4.69) is 43.9 Å². The molecule has 0 heterocycles. The molecule has 0 bridgehead atoms. The van der Waals surface area contributed by atoms with E-state index >= 15 is 0 Å². The smallest absolute Gasteiger partial charge is 0.315 e. The van der Waals surface area contributed by atoms with Gasteiger partial charge in [-0.3, -0.25) is 15.0 Å². The number of nitrogens with one attached hydrogen (secondary N) is 5. The minimum atomic E-state index is -1.04. The third kappa shape index (κ3) is 9.51. The molecule has 12 heteroatoms. The summed E-state index contributed by atoms with van der Waals surface area (Å²) >= 11 is 2.22. The van der Waals surface area contributed by atoms with Gasteiger partial charge in [-0.1, -0.05) is 49.3 Å². The van der Waals surface area contributed by atoms with Gasteiger partial charge in [0.15, 0.2) is 5.96 Å². The fraction of sp³-hybridized carbons (Fsp3) is 0.810. The highest BCUT2D eigenvalue weighted by Gasteiger charge is 2.52. The summed E-state index contributed by atoms with van der Waals surface area (Å²) in [5.74, 6) is -2.86. The average molecular weight is 582 g/mol. The van der Waals surface area contributed by atoms with Crippen LogP contribution in [0.2, 0.25) is 0 Å². The molecule has 0 aromatic carbocycles. The minimum absolute atomic E-state index is 0.0603. The maximum absolute atomic E-state index is 12.7. The number of carbonyl (C=O) groups is 3. The second-order valence-corrected chi connectivity index (χ2v) is 9.38. The first-order valence-corrected chi connectivity index (χ1v) is 13.0. The van der Waals surface area contributed by atoms with Crippen molar-refractivity contribution < 1.29 is 24.2 Å². The van der Waals surface area contributed by atoms with Crippen LogP contribution in [0.3, 0.4) is 0 Å². The Morgan fingerprint density at radius 3 is 2.39 bits per heavy atom. The number of carboxylic acids is 1. The molecule has 1 saturated carbocycles. The number of nitrogens with two attached hydrogens (primary N) is 1. The maximum Gasteiger partial charge on any atom is 0.315 e. The fourth-order valence-corrected chi connectivity index (χ4v) is 4.98. The SMILES string of the molecule is CCC(CC)[C@@H](NC(C)=O)[C@@H]1[C@H](NC(=O)NCCCOCCI)[C@@H](C(=O)O)C[C@H]1NC(=N)N. The van der Waals surface area contributed by atoms with Gasteiger partial charge in [-0.25, -0.2) is 4.79 Å². The largest absolute Gasteiger partial charge is 0.481 e. The van der Waals surface area contributed by atoms with Crippen LogP contribution in [-0.4, -0.2) is 71.3 Å². The van der Waals surface area contributed by atoms with Crippen LogP contribution in [0, 0.1) is 23.2 Å². The minimum Gasteiger partial charge on any atom is -0.481 e. The second kappa shape index (κ2) is 15.1. The Bertz CT molecular complexity index is 663. The van der Waals surface area contributed by atoms with Crippen molar-refractivity contribution in [3.8, 4) is 0 Å². The van der Waals surface area contributed by atoms with E-state index in [4.69, 9.17) is 15.9 Å². The van der Waals surface area contributed by atoms with Crippen LogP contribution >= 0.6 is 22.6 Å². The highest BCUT2D eigenvalue weighted by Crippen LogP contribution is 2.38. The molecule has 0 unspecified atom stereocenters. The number of carboxylic acid groups (broad SMARTS) is 1. The van der Waals surface area contributed by atoms with E-state index in [9.17, 15) is 19.5 Å². The Morgan fingerprint density at radius 2 is 1.88 bits per heavy atom. The lowest BCUT2D eigenvalue weighted by molar-refractivity contribution is -0.142. The molecular weight excluding hydrogens is 543 g/mol. The Hall–Kier alpha value is -1.83. The first-order valence-electron chi connectivity index (χ1n) is 11.4. The number of urea groups is 1. The van der Waals surface area contributed by atoms with Gasteiger partial charge >= 0.3 is 12.0 Å². The summed E-state index contributed by atoms with van der Waals surface area (Å²) in [5, 5.41) is 29.0. The van der Waals surface area contributed by atoms with Crippen molar-refractivity contribution in [2.45, 2.75) is 64.6 Å². The summed E-state index contributed by atoms with van der Waals surface area (Å²) in [5.41, 5.74) is 5.59. The van der Waals surface area contributed by atoms with E-state index < -0.39 is 42.0 Å². The van der Waals surface area contributed by atoms with Crippen molar-refractivity contribution in [2.75, 3.05) is 24.2 Å². The third-order valence-electron chi connectivity index (χ3n) is 6.09. The zero-order valence-electron chi connectivity index (χ0n) is 19.7. The molecule has 0 spiro atoms. The van der Waals surface area contributed by atoms with Gasteiger partial charge in [0.05, 0.1) is 18.6 Å². The lowest BCUT2D eigenvalue weighted by Crippen LogP contribution is -2.59. The van der Waals surface area contributed by atoms with Crippen molar-refractivity contribution in [3.05, 3.63) is 0 Å². The predicted octanol–water partition coefficient (Wildman–Crippen LogP) is 1.01. The molecule has 0 radical (unpaired) electrons. The number of halogens is 1. The van der Waals surface area contributed by atoms with Crippen LogP contribution in [0.1, 0.15) is 46.5 Å². The average Bonchev–Trinajstić information content (AvgIpc) is 3.07. The Balaban J connectivity index is 3.11. The van der Waals surface area contributed by atoms with Crippen LogP contribution in [0.25, 0.3) is 0 Å². The normalized spacial score (nSPS) is 23.1. The zero-order chi connectivity index (χ0) is 25.0. The zero-order valence-corrected chi connectivity index (χ0v) is 21.8. The second-order valence-electron chi connectivity index (χ2n) is 8.31. The van der Waals surface area contributed by atoms with Gasteiger partial charge in [0.1, 0.15) is 0 Å². The van der Waals surface area contributed by atoms with Crippen LogP contribution in [0.15, 0.2) is 0 Å². The molecule has 0 aromatic rings. The summed E-state index contributed by atoms with van der Waals surface area (Å²) in [6.45, 7) is 7.00. The van der Waals surface area contributed by atoms with Gasteiger partial charge in [0.2, 0.25) is 5.91 Å². The van der Waals surface area contributed by atoms with E-state index in [-0.39, 0.29) is 24.2 Å². The fourth-order valence-electron chi connectivity index (χ4n) is 4.67. The number of amides is 3. The molecule has 190 valence electrons. The van der Waals surface area contributed by atoms with E-state index in [0.717, 1.165) is 17.3 Å². The van der Waals surface area contributed by atoms with Crippen molar-refractivity contribution in [3.63, 3.8) is 0 Å². The molecule has 0 saturated heterocycles. The van der Waals surface area contributed by atoms with Gasteiger partial charge in [-0.15, -0.1) is 0 Å². The first-order chi connectivity index (χ1) is 15.7. The standard InChI is InChI=1S/C21H39IN6O5/c1-4-13(5-2)17(26-12(3)29)16-15(27-20(23)24)11-14(19(30)31)18(16)28-21(32)25-8-6-9-33-10-7-22/h13-18H,4-11H2,1-3H3,(H,26,29)(H,30,31)(H4,23,24,27)(H2,25,28,32)/t14-,15+,16+,17+,18+/m0/s1. The summed E-state index contributed by atoms with van der Waals surface area (Å²) in [6, 6.07) is -2.12. The lowest BCUT2D eigenvalue weighted by Gasteiger charge is -2.38. The molecule has 33 heavy (non-hydrogen) atoms. The quantitative estimate of drug-likeness (QED) is 0.0525. The van der Waals surface area contributed by atoms with Crippen LogP contribution < -0.4 is 27.0 Å². The summed E-state index contributed by atoms with van der Waals surface area (Å²) in [4.78, 5) is 36.8. The molecule has 0 aromatic heterocycles. The topological polar surface area (TPSA) is 179 Å². The van der Waals surface area contributed by atoms with Gasteiger partial charge < -0.3 is 36.8 Å². The highest BCUT2D eigenvalue weighted by atomic mass is 127. The number of aliphatic carboxylic acids is 1. The molecule has 11 nitrogen and oxygen atoms in total. The van der Waals surface area contributed by atoms with Gasteiger partial charge in [0, 0.05) is 42.5 Å². The maximum atomic E-state index is 12.7. The number of alkyl halides is 1. The molecule has 1 fully saturated rings.